The smallest absolute Gasteiger partial charge is 0.251 e. The Morgan fingerprint density at radius 1 is 0.919 bits per heavy atom. The molecule has 206 valence electrons. The van der Waals surface area contributed by atoms with Gasteiger partial charge in [0.2, 0.25) is 5.75 Å². The Bertz CT molecular complexity index is 1020. The van der Waals surface area contributed by atoms with Gasteiger partial charge in [0.15, 0.2) is 19.8 Å². The van der Waals surface area contributed by atoms with E-state index >= 15 is 0 Å². The van der Waals surface area contributed by atoms with Crippen molar-refractivity contribution in [3.05, 3.63) is 52.6 Å². The van der Waals surface area contributed by atoms with E-state index in [2.05, 4.69) is 72.0 Å². The highest BCUT2D eigenvalue weighted by Gasteiger charge is 2.43. The van der Waals surface area contributed by atoms with E-state index in [0.717, 1.165) is 18.5 Å². The molecular weight excluding hydrogens is 482 g/mol. The first-order valence-corrected chi connectivity index (χ1v) is 15.6. The molecule has 0 radical (unpaired) electrons. The fourth-order valence-electron chi connectivity index (χ4n) is 5.06. The van der Waals surface area contributed by atoms with Crippen molar-refractivity contribution in [3.63, 3.8) is 0 Å². The van der Waals surface area contributed by atoms with E-state index in [0.29, 0.717) is 36.0 Å². The second kappa shape index (κ2) is 13.3. The molecule has 0 aromatic heterocycles. The predicted octanol–water partition coefficient (Wildman–Crippen LogP) is 7.03. The maximum absolute atomic E-state index is 13.2. The number of carbonyl (C=O) groups is 1. The number of aryl methyl sites for hydroxylation is 2. The molecule has 0 aliphatic rings. The van der Waals surface area contributed by atoms with Crippen LogP contribution < -0.4 is 19.5 Å². The summed E-state index contributed by atoms with van der Waals surface area (Å²) in [4.78, 5) is 13.2. The number of rotatable bonds is 13. The van der Waals surface area contributed by atoms with Crippen molar-refractivity contribution in [2.45, 2.75) is 77.9 Å². The fraction of sp³-hybridized carbons (Fsp3) is 0.567. The highest BCUT2D eigenvalue weighted by Crippen LogP contribution is 2.42. The van der Waals surface area contributed by atoms with Crippen LogP contribution in [0.5, 0.6) is 17.2 Å². The average Bonchev–Trinajstić information content (AvgIpc) is 2.88. The number of nitrogens with one attached hydrogen (secondary N) is 1. The van der Waals surface area contributed by atoms with Crippen molar-refractivity contribution < 1.29 is 23.4 Å². The van der Waals surface area contributed by atoms with Gasteiger partial charge in [-0.25, -0.2) is 0 Å². The third-order valence-corrected chi connectivity index (χ3v) is 13.6. The number of hydrogen-bond donors (Lipinski definition) is 1. The molecule has 6 nitrogen and oxygen atoms in total. The highest BCUT2D eigenvalue weighted by molar-refractivity contribution is 6.76. The van der Waals surface area contributed by atoms with Crippen LogP contribution in [0.4, 0.5) is 0 Å². The number of benzene rings is 2. The monoisotopic (exact) mass is 529 g/mol. The molecule has 0 heterocycles. The molecule has 2 aromatic carbocycles. The Labute approximate surface area is 225 Å². The van der Waals surface area contributed by atoms with Crippen molar-refractivity contribution in [1.82, 2.24) is 5.32 Å². The molecule has 1 atom stereocenters. The number of ether oxygens (including phenoxy) is 3. The number of carbonyl (C=O) groups excluding carboxylic acids is 1. The Hall–Kier alpha value is -2.51. The summed E-state index contributed by atoms with van der Waals surface area (Å²) in [7, 11) is 2.75. The largest absolute Gasteiger partial charge is 0.493 e. The number of methoxy groups -OCH3 is 3. The van der Waals surface area contributed by atoms with Gasteiger partial charge < -0.3 is 24.0 Å². The van der Waals surface area contributed by atoms with Crippen molar-refractivity contribution >= 4 is 14.2 Å². The summed E-state index contributed by atoms with van der Waals surface area (Å²) in [5.74, 6) is 1.31. The van der Waals surface area contributed by atoms with Gasteiger partial charge in [-0.05, 0) is 66.2 Å². The summed E-state index contributed by atoms with van der Waals surface area (Å²) in [5.41, 5.74) is 4.19. The lowest BCUT2D eigenvalue weighted by Gasteiger charge is -2.41. The first kappa shape index (κ1) is 30.7. The molecule has 0 aliphatic heterocycles. The van der Waals surface area contributed by atoms with E-state index in [9.17, 15) is 4.79 Å². The minimum atomic E-state index is -1.89. The summed E-state index contributed by atoms with van der Waals surface area (Å²) in [6.45, 7) is 16.9. The van der Waals surface area contributed by atoms with Gasteiger partial charge >= 0.3 is 0 Å². The summed E-state index contributed by atoms with van der Waals surface area (Å²) in [6, 6.07) is 12.1. The molecule has 2 aromatic rings. The van der Waals surface area contributed by atoms with E-state index in [4.69, 9.17) is 18.6 Å². The van der Waals surface area contributed by atoms with Gasteiger partial charge in [-0.3, -0.25) is 4.79 Å². The lowest BCUT2D eigenvalue weighted by Crippen LogP contribution is -2.46. The molecule has 1 amide bonds. The minimum Gasteiger partial charge on any atom is -0.493 e. The van der Waals surface area contributed by atoms with Gasteiger partial charge in [0.05, 0.1) is 21.3 Å². The first-order valence-electron chi connectivity index (χ1n) is 13.3. The molecule has 0 bridgehead atoms. The third kappa shape index (κ3) is 7.29. The van der Waals surface area contributed by atoms with Crippen LogP contribution in [-0.4, -0.2) is 48.7 Å². The highest BCUT2D eigenvalue weighted by atomic mass is 28.4. The molecule has 37 heavy (non-hydrogen) atoms. The summed E-state index contributed by atoms with van der Waals surface area (Å²) in [5, 5.41) is 3.32. The molecule has 0 spiro atoms. The summed E-state index contributed by atoms with van der Waals surface area (Å²) >= 11 is 0. The summed E-state index contributed by atoms with van der Waals surface area (Å²) < 4.78 is 23.0. The molecule has 0 aliphatic carbocycles. The molecule has 1 N–H and O–H groups in total. The van der Waals surface area contributed by atoms with Gasteiger partial charge in [-0.1, -0.05) is 52.8 Å². The van der Waals surface area contributed by atoms with Crippen LogP contribution in [0.2, 0.25) is 17.1 Å². The molecule has 7 heteroatoms. The van der Waals surface area contributed by atoms with Gasteiger partial charge in [0.1, 0.15) is 0 Å². The van der Waals surface area contributed by atoms with E-state index in [-0.39, 0.29) is 16.9 Å². The summed E-state index contributed by atoms with van der Waals surface area (Å²) in [6.07, 6.45) is 0.836. The third-order valence-electron chi connectivity index (χ3n) is 7.79. The zero-order valence-corrected chi connectivity index (χ0v) is 25.5. The quantitative estimate of drug-likeness (QED) is 0.282. The minimum absolute atomic E-state index is 0.130. The van der Waals surface area contributed by atoms with E-state index < -0.39 is 8.32 Å². The SMILES string of the molecule is CC[Si](CC)(OCCC(CNC(=O)c1cc(OC)c(OC)c(OC)c1)c1ccc(C)c(C)c1)C(C)(C)C. The number of amides is 1. The molecule has 1 unspecified atom stereocenters. The van der Waals surface area contributed by atoms with Crippen molar-refractivity contribution in [2.75, 3.05) is 34.5 Å². The fourth-order valence-corrected chi connectivity index (χ4v) is 9.03. The normalized spacial score (nSPS) is 12.7. The number of hydrogen-bond acceptors (Lipinski definition) is 5. The standard InChI is InChI=1S/C30H47NO5Si/c1-11-37(12-2,30(5,6)7)36-16-15-24(23-14-13-21(3)22(4)17-23)20-31-29(32)25-18-26(33-8)28(35-10)27(19-25)34-9/h13-14,17-19,24H,11-12,15-16,20H2,1-10H3,(H,31,32). The second-order valence-corrected chi connectivity index (χ2v) is 15.9. The molecular formula is C30H47NO5Si. The van der Waals surface area contributed by atoms with Crippen molar-refractivity contribution in [1.29, 1.82) is 0 Å². The van der Waals surface area contributed by atoms with Crippen molar-refractivity contribution in [3.8, 4) is 17.2 Å². The maximum atomic E-state index is 13.2. The zero-order valence-electron chi connectivity index (χ0n) is 24.5. The van der Waals surface area contributed by atoms with E-state index in [1.54, 1.807) is 33.5 Å². The van der Waals surface area contributed by atoms with Crippen LogP contribution in [0, 0.1) is 13.8 Å². The average molecular weight is 530 g/mol. The lowest BCUT2D eigenvalue weighted by molar-refractivity contribution is 0.0948. The Morgan fingerprint density at radius 3 is 1.97 bits per heavy atom. The van der Waals surface area contributed by atoms with Gasteiger partial charge in [0.25, 0.3) is 5.91 Å². The Morgan fingerprint density at radius 2 is 1.51 bits per heavy atom. The van der Waals surface area contributed by atoms with Crippen LogP contribution in [0.3, 0.4) is 0 Å². The van der Waals surface area contributed by atoms with Crippen LogP contribution >= 0.6 is 0 Å². The maximum Gasteiger partial charge on any atom is 0.251 e. The molecule has 0 saturated carbocycles. The molecule has 2 rings (SSSR count). The van der Waals surface area contributed by atoms with Crippen LogP contribution in [0.25, 0.3) is 0 Å². The van der Waals surface area contributed by atoms with Crippen LogP contribution in [0.1, 0.15) is 74.0 Å². The Kier molecular flexibility index (Phi) is 11.1. The van der Waals surface area contributed by atoms with E-state index in [1.807, 2.05) is 0 Å². The van der Waals surface area contributed by atoms with Crippen molar-refractivity contribution in [2.24, 2.45) is 0 Å². The van der Waals surface area contributed by atoms with Crippen LogP contribution in [-0.2, 0) is 4.43 Å². The zero-order chi connectivity index (χ0) is 27.8. The predicted molar refractivity (Wildman–Crippen MR) is 154 cm³/mol. The van der Waals surface area contributed by atoms with Crippen LogP contribution in [0.15, 0.2) is 30.3 Å². The molecule has 0 saturated heterocycles. The lowest BCUT2D eigenvalue weighted by atomic mass is 9.93. The van der Waals surface area contributed by atoms with E-state index in [1.165, 1.54) is 16.7 Å². The van der Waals surface area contributed by atoms with Gasteiger partial charge in [-0.15, -0.1) is 0 Å². The van der Waals surface area contributed by atoms with Gasteiger partial charge in [0, 0.05) is 24.6 Å². The molecule has 0 fully saturated rings. The topological polar surface area (TPSA) is 66.0 Å². The van der Waals surface area contributed by atoms with Gasteiger partial charge in [-0.2, -0.15) is 0 Å². The first-order chi connectivity index (χ1) is 17.5. The Balaban J connectivity index is 2.25. The second-order valence-electron chi connectivity index (χ2n) is 10.8.